The van der Waals surface area contributed by atoms with E-state index in [4.69, 9.17) is 11.2 Å². The molecule has 0 aliphatic rings. The van der Waals surface area contributed by atoms with E-state index in [0.29, 0.717) is 9.45 Å². The molecule has 9 heavy (non-hydrogen) atoms. The maximum Gasteiger partial charge on any atom is 0.00856 e. The molecule has 0 saturated carbocycles. The van der Waals surface area contributed by atoms with Crippen molar-refractivity contribution in [2.75, 3.05) is 6.26 Å². The lowest BCUT2D eigenvalue weighted by Crippen LogP contribution is -2.09. The van der Waals surface area contributed by atoms with Crippen LogP contribution in [-0.2, 0) is 29.5 Å². The molecule has 0 aliphatic carbocycles. The van der Waals surface area contributed by atoms with Crippen LogP contribution in [0.2, 0.25) is 0 Å². The normalized spacial score (nSPS) is 13.8. The molecular weight excluding hydrogens is 168 g/mol. The van der Waals surface area contributed by atoms with Crippen LogP contribution in [0, 0.1) is 0 Å². The van der Waals surface area contributed by atoms with E-state index >= 15 is 0 Å². The molecule has 3 heteroatoms. The third-order valence-corrected chi connectivity index (χ3v) is 6.70. The highest BCUT2D eigenvalue weighted by Gasteiger charge is 2.02. The first-order valence-corrected chi connectivity index (χ1v) is 7.16. The van der Waals surface area contributed by atoms with Gasteiger partial charge in [0.2, 0.25) is 0 Å². The van der Waals surface area contributed by atoms with Gasteiger partial charge < -0.3 is 0 Å². The van der Waals surface area contributed by atoms with Crippen LogP contribution < -0.4 is 0 Å². The molecule has 0 nitrogen and oxygen atoms in total. The van der Waals surface area contributed by atoms with Gasteiger partial charge in [0.25, 0.3) is 0 Å². The van der Waals surface area contributed by atoms with E-state index < -0.39 is 0 Å². The van der Waals surface area contributed by atoms with Crippen LogP contribution in [0.5, 0.6) is 0 Å². The maximum atomic E-state index is 4.91. The van der Waals surface area contributed by atoms with Crippen molar-refractivity contribution in [3.63, 3.8) is 0 Å². The fourth-order valence-electron chi connectivity index (χ4n) is 0.814. The zero-order valence-electron chi connectivity index (χ0n) is 6.22. The summed E-state index contributed by atoms with van der Waals surface area (Å²) in [4.78, 5) is 0. The SMILES string of the molecule is CCC(CC)S(C)=S=S. The second kappa shape index (κ2) is 5.57. The number of hydrogen-bond donors (Lipinski definition) is 0. The van der Waals surface area contributed by atoms with Crippen LogP contribution in [0.15, 0.2) is 0 Å². The quantitative estimate of drug-likeness (QED) is 0.642. The zero-order chi connectivity index (χ0) is 7.28. The van der Waals surface area contributed by atoms with Gasteiger partial charge in [0.1, 0.15) is 0 Å². The molecule has 0 aromatic carbocycles. The van der Waals surface area contributed by atoms with Gasteiger partial charge in [-0.1, -0.05) is 13.8 Å². The summed E-state index contributed by atoms with van der Waals surface area (Å²) in [7, 11) is 2.01. The van der Waals surface area contributed by atoms with E-state index in [1.165, 1.54) is 12.8 Å². The molecule has 0 amide bonds. The first kappa shape index (κ1) is 9.79. The molecule has 0 aliphatic heterocycles. The van der Waals surface area contributed by atoms with Gasteiger partial charge in [-0.2, -0.15) is 0 Å². The van der Waals surface area contributed by atoms with Gasteiger partial charge in [0.05, 0.1) is 0 Å². The molecule has 0 radical (unpaired) electrons. The molecule has 56 valence electrons. The minimum Gasteiger partial charge on any atom is -0.121 e. The first-order chi connectivity index (χ1) is 4.26. The Kier molecular flexibility index (Phi) is 6.05. The van der Waals surface area contributed by atoms with Gasteiger partial charge in [-0.25, -0.2) is 0 Å². The lowest BCUT2D eigenvalue weighted by molar-refractivity contribution is 0.792. The van der Waals surface area contributed by atoms with E-state index in [1.807, 2.05) is 0 Å². The highest BCUT2D eigenvalue weighted by Crippen LogP contribution is 2.04. The molecule has 0 spiro atoms. The summed E-state index contributed by atoms with van der Waals surface area (Å²) >= 11 is 4.91. The third-order valence-electron chi connectivity index (χ3n) is 1.49. The maximum absolute atomic E-state index is 4.91. The number of hydrogen-bond acceptors (Lipinski definition) is 1. The summed E-state index contributed by atoms with van der Waals surface area (Å²) in [6, 6.07) is 0. The molecular formula is C6H14S3. The molecule has 0 bridgehead atoms. The van der Waals surface area contributed by atoms with Crippen LogP contribution >= 0.6 is 0 Å². The van der Waals surface area contributed by atoms with Crippen molar-refractivity contribution in [2.24, 2.45) is 0 Å². The van der Waals surface area contributed by atoms with Crippen LogP contribution in [0.1, 0.15) is 26.7 Å². The van der Waals surface area contributed by atoms with Crippen molar-refractivity contribution in [2.45, 2.75) is 31.9 Å². The van der Waals surface area contributed by atoms with Crippen molar-refractivity contribution < 1.29 is 0 Å². The Morgan fingerprint density at radius 2 is 1.89 bits per heavy atom. The van der Waals surface area contributed by atoms with E-state index in [1.54, 1.807) is 8.88 Å². The van der Waals surface area contributed by atoms with Gasteiger partial charge in [-0.15, -0.1) is 9.45 Å². The van der Waals surface area contributed by atoms with Crippen molar-refractivity contribution in [1.82, 2.24) is 0 Å². The third kappa shape index (κ3) is 3.48. The lowest BCUT2D eigenvalue weighted by atomic mass is 10.3. The second-order valence-electron chi connectivity index (χ2n) is 2.01. The molecule has 0 aromatic heterocycles. The van der Waals surface area contributed by atoms with E-state index in [2.05, 4.69) is 20.1 Å². The number of rotatable bonds is 3. The molecule has 0 heterocycles. The average molecular weight is 182 g/mol. The minimum absolute atomic E-state index is 0.417. The van der Waals surface area contributed by atoms with Gasteiger partial charge >= 0.3 is 0 Å². The van der Waals surface area contributed by atoms with Crippen molar-refractivity contribution >= 4 is 29.5 Å². The van der Waals surface area contributed by atoms with Gasteiger partial charge in [-0.3, -0.25) is 0 Å². The summed E-state index contributed by atoms with van der Waals surface area (Å²) in [5.41, 5.74) is 0. The summed E-state index contributed by atoms with van der Waals surface area (Å²) in [5.74, 6) is 0. The van der Waals surface area contributed by atoms with Gasteiger partial charge in [0, 0.05) is 5.25 Å². The zero-order valence-corrected chi connectivity index (χ0v) is 8.67. The van der Waals surface area contributed by atoms with E-state index in [-0.39, 0.29) is 0 Å². The smallest absolute Gasteiger partial charge is 0.00856 e. The Hall–Kier alpha value is 0.790. The monoisotopic (exact) mass is 182 g/mol. The molecule has 0 N–H and O–H groups in total. The Morgan fingerprint density at radius 1 is 1.44 bits per heavy atom. The Labute approximate surface area is 67.8 Å². The van der Waals surface area contributed by atoms with Crippen molar-refractivity contribution in [3.05, 3.63) is 0 Å². The lowest BCUT2D eigenvalue weighted by Gasteiger charge is -2.09. The summed E-state index contributed by atoms with van der Waals surface area (Å²) < 4.78 is 0. The van der Waals surface area contributed by atoms with Crippen LogP contribution in [0.4, 0.5) is 0 Å². The highest BCUT2D eigenvalue weighted by atomic mass is 33.1. The van der Waals surface area contributed by atoms with Gasteiger partial charge in [0.15, 0.2) is 0 Å². The highest BCUT2D eigenvalue weighted by molar-refractivity contribution is 8.48. The molecule has 0 fully saturated rings. The molecule has 1 atom stereocenters. The average Bonchev–Trinajstić information content (AvgIpc) is 1.90. The van der Waals surface area contributed by atoms with Gasteiger partial charge in [-0.05, 0) is 39.2 Å². The largest absolute Gasteiger partial charge is 0.121 e. The molecule has 1 unspecified atom stereocenters. The summed E-state index contributed by atoms with van der Waals surface area (Å²) in [6.45, 7) is 4.48. The first-order valence-electron chi connectivity index (χ1n) is 3.21. The fraction of sp³-hybridized carbons (Fsp3) is 1.00. The van der Waals surface area contributed by atoms with Crippen molar-refractivity contribution in [1.29, 1.82) is 0 Å². The van der Waals surface area contributed by atoms with Crippen LogP contribution in [0.3, 0.4) is 0 Å². The van der Waals surface area contributed by atoms with E-state index in [0.717, 1.165) is 5.25 Å². The fourth-order valence-corrected chi connectivity index (χ4v) is 4.01. The Balaban J connectivity index is 3.95. The second-order valence-corrected chi connectivity index (χ2v) is 7.02. The standard InChI is InChI=1S/C6H14S3/c1-4-6(5-2)9(3)8-7/h6H,4-5H2,1-3H3. The summed E-state index contributed by atoms with van der Waals surface area (Å²) in [5, 5.41) is 0.854. The Bertz CT molecular complexity index is 120. The van der Waals surface area contributed by atoms with E-state index in [9.17, 15) is 0 Å². The predicted molar refractivity (Wildman–Crippen MR) is 52.4 cm³/mol. The molecule has 0 saturated heterocycles. The Morgan fingerprint density at radius 3 is 2.00 bits per heavy atom. The minimum atomic E-state index is 0.417. The van der Waals surface area contributed by atoms with Crippen LogP contribution in [0.25, 0.3) is 0 Å². The van der Waals surface area contributed by atoms with Crippen LogP contribution in [-0.4, -0.2) is 11.5 Å². The van der Waals surface area contributed by atoms with Crippen molar-refractivity contribution in [3.8, 4) is 0 Å². The molecule has 0 aromatic rings. The topological polar surface area (TPSA) is 0 Å². The summed E-state index contributed by atoms with van der Waals surface area (Å²) in [6.07, 6.45) is 4.80. The molecule has 0 rings (SSSR count). The predicted octanol–water partition coefficient (Wildman–Crippen LogP) is 1.88.